The molecule has 4 rings (SSSR count). The van der Waals surface area contributed by atoms with Crippen LogP contribution in [0, 0.1) is 0 Å². The number of amides is 2. The molecule has 1 aliphatic heterocycles. The molecule has 2 aromatic heterocycles. The number of rotatable bonds is 3. The Hall–Kier alpha value is -2.80. The Balaban J connectivity index is 1.39. The summed E-state index contributed by atoms with van der Waals surface area (Å²) in [7, 11) is 2.05. The van der Waals surface area contributed by atoms with Crippen molar-refractivity contribution in [2.75, 3.05) is 30.4 Å². The highest BCUT2D eigenvalue weighted by Gasteiger charge is 2.27. The fourth-order valence-corrected chi connectivity index (χ4v) is 3.71. The average Bonchev–Trinajstić information content (AvgIpc) is 3.18. The molecule has 0 unspecified atom stereocenters. The van der Waals surface area contributed by atoms with Gasteiger partial charge in [0.2, 0.25) is 0 Å². The van der Waals surface area contributed by atoms with E-state index in [4.69, 9.17) is 11.6 Å². The largest absolute Gasteiger partial charge is 0.356 e. The topological polar surface area (TPSA) is 77.2 Å². The summed E-state index contributed by atoms with van der Waals surface area (Å²) in [5.74, 6) is 0.917. The van der Waals surface area contributed by atoms with Crippen LogP contribution in [0.1, 0.15) is 12.8 Å². The molecule has 3 aromatic rings. The summed E-state index contributed by atoms with van der Waals surface area (Å²) in [6.45, 7) is 1.37. The Bertz CT molecular complexity index is 950. The highest BCUT2D eigenvalue weighted by Crippen LogP contribution is 2.27. The third-order valence-corrected chi connectivity index (χ3v) is 5.41. The number of urea groups is 1. The molecule has 0 spiro atoms. The van der Waals surface area contributed by atoms with E-state index in [1.165, 1.54) is 0 Å². The molecule has 0 saturated carbocycles. The number of carbonyl (C=O) groups excluding carboxylic acids is 1. The maximum absolute atomic E-state index is 12.5. The molecule has 1 aliphatic rings. The van der Waals surface area contributed by atoms with Crippen LogP contribution in [0.2, 0.25) is 5.02 Å². The zero-order chi connectivity index (χ0) is 18.8. The van der Waals surface area contributed by atoms with Crippen molar-refractivity contribution >= 4 is 40.2 Å². The van der Waals surface area contributed by atoms with E-state index in [9.17, 15) is 4.79 Å². The Labute approximate surface area is 162 Å². The van der Waals surface area contributed by atoms with Crippen molar-refractivity contribution < 1.29 is 4.79 Å². The van der Waals surface area contributed by atoms with Crippen molar-refractivity contribution in [1.82, 2.24) is 19.9 Å². The first kappa shape index (κ1) is 17.6. The smallest absolute Gasteiger partial charge is 0.321 e. The van der Waals surface area contributed by atoms with E-state index in [1.807, 2.05) is 29.3 Å². The Morgan fingerprint density at radius 1 is 1.26 bits per heavy atom. The number of anilines is 2. The summed E-state index contributed by atoms with van der Waals surface area (Å²) in [6, 6.07) is 9.47. The normalized spacial score (nSPS) is 15.1. The molecule has 1 saturated heterocycles. The van der Waals surface area contributed by atoms with Gasteiger partial charge in [0.1, 0.15) is 17.8 Å². The number of benzene rings is 1. The lowest BCUT2D eigenvalue weighted by atomic mass is 10.0. The fraction of sp³-hybridized carbons (Fsp3) is 0.316. The number of nitrogens with zero attached hydrogens (tertiary/aromatic N) is 4. The summed E-state index contributed by atoms with van der Waals surface area (Å²) in [4.78, 5) is 28.4. The van der Waals surface area contributed by atoms with E-state index in [0.29, 0.717) is 29.8 Å². The molecule has 0 radical (unpaired) electrons. The van der Waals surface area contributed by atoms with Crippen molar-refractivity contribution in [3.8, 4) is 0 Å². The molecule has 1 fully saturated rings. The second kappa shape index (κ2) is 7.44. The van der Waals surface area contributed by atoms with Crippen molar-refractivity contribution in [2.24, 2.45) is 0 Å². The number of nitrogens with one attached hydrogen (secondary N) is 2. The SMILES string of the molecule is CN(c1ncnc2[nH]ccc12)C1CCN(C(=O)Nc2ccccc2Cl)CC1. The van der Waals surface area contributed by atoms with Gasteiger partial charge in [0.05, 0.1) is 16.1 Å². The lowest BCUT2D eigenvalue weighted by Crippen LogP contribution is -2.47. The van der Waals surface area contributed by atoms with Gasteiger partial charge in [-0.05, 0) is 31.0 Å². The number of aromatic nitrogens is 3. The van der Waals surface area contributed by atoms with Crippen LogP contribution in [0.3, 0.4) is 0 Å². The number of hydrogen-bond donors (Lipinski definition) is 2. The lowest BCUT2D eigenvalue weighted by molar-refractivity contribution is 0.194. The predicted molar refractivity (Wildman–Crippen MR) is 107 cm³/mol. The minimum Gasteiger partial charge on any atom is -0.356 e. The van der Waals surface area contributed by atoms with Gasteiger partial charge in [-0.25, -0.2) is 14.8 Å². The van der Waals surface area contributed by atoms with Crippen LogP contribution in [0.15, 0.2) is 42.9 Å². The number of aromatic amines is 1. The number of H-pyrrole nitrogens is 1. The first-order chi connectivity index (χ1) is 13.1. The third kappa shape index (κ3) is 3.55. The number of para-hydroxylation sites is 1. The van der Waals surface area contributed by atoms with E-state index in [0.717, 1.165) is 29.7 Å². The maximum Gasteiger partial charge on any atom is 0.321 e. The van der Waals surface area contributed by atoms with Crippen LogP contribution in [-0.4, -0.2) is 52.1 Å². The van der Waals surface area contributed by atoms with E-state index in [2.05, 4.69) is 32.2 Å². The minimum atomic E-state index is -0.112. The van der Waals surface area contributed by atoms with Gasteiger partial charge in [-0.15, -0.1) is 0 Å². The molecule has 3 heterocycles. The lowest BCUT2D eigenvalue weighted by Gasteiger charge is -2.37. The van der Waals surface area contributed by atoms with Crippen molar-refractivity contribution in [3.63, 3.8) is 0 Å². The molecule has 0 aliphatic carbocycles. The van der Waals surface area contributed by atoms with Gasteiger partial charge in [-0.2, -0.15) is 0 Å². The Morgan fingerprint density at radius 2 is 2.04 bits per heavy atom. The average molecular weight is 385 g/mol. The van der Waals surface area contributed by atoms with Gasteiger partial charge in [-0.1, -0.05) is 23.7 Å². The molecule has 2 amide bonds. The molecule has 140 valence electrons. The molecule has 0 bridgehead atoms. The minimum absolute atomic E-state index is 0.112. The highest BCUT2D eigenvalue weighted by molar-refractivity contribution is 6.33. The van der Waals surface area contributed by atoms with Crippen molar-refractivity contribution in [1.29, 1.82) is 0 Å². The molecule has 8 heteroatoms. The van der Waals surface area contributed by atoms with Crippen LogP contribution in [-0.2, 0) is 0 Å². The summed E-state index contributed by atoms with van der Waals surface area (Å²) >= 11 is 6.12. The van der Waals surface area contributed by atoms with Crippen LogP contribution in [0.25, 0.3) is 11.0 Å². The first-order valence-electron chi connectivity index (χ1n) is 8.95. The van der Waals surface area contributed by atoms with E-state index >= 15 is 0 Å². The van der Waals surface area contributed by atoms with Gasteiger partial charge >= 0.3 is 6.03 Å². The molecular weight excluding hydrogens is 364 g/mol. The van der Waals surface area contributed by atoms with Crippen molar-refractivity contribution in [3.05, 3.63) is 47.9 Å². The summed E-state index contributed by atoms with van der Waals surface area (Å²) in [5, 5.41) is 4.45. The number of piperidine rings is 1. The van der Waals surface area contributed by atoms with Gasteiger partial charge in [0.15, 0.2) is 0 Å². The van der Waals surface area contributed by atoms with E-state index in [1.54, 1.807) is 18.5 Å². The van der Waals surface area contributed by atoms with Crippen LogP contribution < -0.4 is 10.2 Å². The predicted octanol–water partition coefficient (Wildman–Crippen LogP) is 3.74. The van der Waals surface area contributed by atoms with E-state index < -0.39 is 0 Å². The van der Waals surface area contributed by atoms with Gasteiger partial charge in [0, 0.05) is 32.4 Å². The zero-order valence-corrected chi connectivity index (χ0v) is 15.8. The van der Waals surface area contributed by atoms with Crippen LogP contribution in [0.5, 0.6) is 0 Å². The Morgan fingerprint density at radius 3 is 2.81 bits per heavy atom. The van der Waals surface area contributed by atoms with Crippen molar-refractivity contribution in [2.45, 2.75) is 18.9 Å². The number of likely N-dealkylation sites (tertiary alicyclic amines) is 1. The summed E-state index contributed by atoms with van der Waals surface area (Å²) in [5.41, 5.74) is 1.47. The van der Waals surface area contributed by atoms with E-state index in [-0.39, 0.29) is 6.03 Å². The van der Waals surface area contributed by atoms with Gasteiger partial charge < -0.3 is 20.1 Å². The summed E-state index contributed by atoms with van der Waals surface area (Å²) < 4.78 is 0. The highest BCUT2D eigenvalue weighted by atomic mass is 35.5. The molecular formula is C19H21ClN6O. The summed E-state index contributed by atoms with van der Waals surface area (Å²) in [6.07, 6.45) is 5.21. The molecule has 0 atom stereocenters. The second-order valence-electron chi connectivity index (χ2n) is 6.68. The third-order valence-electron chi connectivity index (χ3n) is 5.08. The molecule has 1 aromatic carbocycles. The Kier molecular flexibility index (Phi) is 4.85. The molecule has 7 nitrogen and oxygen atoms in total. The number of hydrogen-bond acceptors (Lipinski definition) is 4. The fourth-order valence-electron chi connectivity index (χ4n) is 3.53. The molecule has 2 N–H and O–H groups in total. The first-order valence-corrected chi connectivity index (χ1v) is 9.32. The molecule has 27 heavy (non-hydrogen) atoms. The standard InChI is InChI=1S/C19H21ClN6O/c1-25(18-14-6-9-21-17(14)22-12-23-18)13-7-10-26(11-8-13)19(27)24-16-5-3-2-4-15(16)20/h2-6,9,12-13H,7-8,10-11H2,1H3,(H,24,27)(H,21,22,23). The number of halogens is 1. The van der Waals surface area contributed by atoms with Crippen LogP contribution in [0.4, 0.5) is 16.3 Å². The van der Waals surface area contributed by atoms with Crippen LogP contribution >= 0.6 is 11.6 Å². The number of carbonyl (C=O) groups is 1. The zero-order valence-electron chi connectivity index (χ0n) is 15.0. The quantitative estimate of drug-likeness (QED) is 0.721. The maximum atomic E-state index is 12.5. The van der Waals surface area contributed by atoms with Gasteiger partial charge in [0.25, 0.3) is 0 Å². The number of fused-ring (bicyclic) bond motifs is 1. The monoisotopic (exact) mass is 384 g/mol. The van der Waals surface area contributed by atoms with Gasteiger partial charge in [-0.3, -0.25) is 0 Å². The second-order valence-corrected chi connectivity index (χ2v) is 7.08.